The molecule has 0 saturated carbocycles. The Labute approximate surface area is 69.8 Å². The average Bonchev–Trinajstić information content (AvgIpc) is 1.99. The molecular weight excluding hydrogens is 166 g/mol. The molecule has 0 saturated heterocycles. The first-order valence-electron chi connectivity index (χ1n) is 3.28. The van der Waals surface area contributed by atoms with Crippen molar-refractivity contribution in [2.75, 3.05) is 12.4 Å². The second kappa shape index (κ2) is 5.40. The Morgan fingerprint density at radius 2 is 2.27 bits per heavy atom. The Kier molecular flexibility index (Phi) is 5.27. The third-order valence-electron chi connectivity index (χ3n) is 1.13. The van der Waals surface area contributed by atoms with Crippen LogP contribution in [0.25, 0.3) is 0 Å². The lowest BCUT2D eigenvalue weighted by molar-refractivity contribution is -0.137. The highest BCUT2D eigenvalue weighted by Crippen LogP contribution is 2.09. The summed E-state index contributed by atoms with van der Waals surface area (Å²) in [7, 11) is 0. The number of thioether (sulfide) groups is 1. The molecule has 0 aromatic rings. The van der Waals surface area contributed by atoms with E-state index in [4.69, 9.17) is 15.9 Å². The first kappa shape index (κ1) is 10.7. The zero-order valence-corrected chi connectivity index (χ0v) is 7.17. The van der Waals surface area contributed by atoms with Crippen LogP contribution in [0.15, 0.2) is 0 Å². The van der Waals surface area contributed by atoms with Crippen LogP contribution in [0, 0.1) is 0 Å². The van der Waals surface area contributed by atoms with Gasteiger partial charge in [-0.05, 0) is 0 Å². The zero-order chi connectivity index (χ0) is 8.85. The highest BCUT2D eigenvalue weighted by molar-refractivity contribution is 7.99. The van der Waals surface area contributed by atoms with E-state index in [1.165, 1.54) is 11.8 Å². The lowest BCUT2D eigenvalue weighted by atomic mass is 10.4. The van der Waals surface area contributed by atoms with Crippen LogP contribution >= 0.6 is 11.8 Å². The van der Waals surface area contributed by atoms with Crippen molar-refractivity contribution in [1.82, 2.24) is 0 Å². The van der Waals surface area contributed by atoms with Gasteiger partial charge in [0.05, 0.1) is 6.61 Å². The van der Waals surface area contributed by atoms with Gasteiger partial charge >= 0.3 is 5.97 Å². The van der Waals surface area contributed by atoms with Gasteiger partial charge in [0.2, 0.25) is 0 Å². The number of hydrogen-bond donors (Lipinski definition) is 3. The number of aliphatic hydroxyl groups excluding tert-OH is 1. The molecule has 0 amide bonds. The molecule has 0 aliphatic carbocycles. The van der Waals surface area contributed by atoms with Crippen LogP contribution in [0.2, 0.25) is 0 Å². The molecule has 0 radical (unpaired) electrons. The van der Waals surface area contributed by atoms with Gasteiger partial charge in [0.25, 0.3) is 0 Å². The van der Waals surface area contributed by atoms with Gasteiger partial charge in [-0.15, -0.1) is 0 Å². The third kappa shape index (κ3) is 5.06. The van der Waals surface area contributed by atoms with Crippen LogP contribution in [0.1, 0.15) is 6.92 Å². The van der Waals surface area contributed by atoms with Crippen molar-refractivity contribution in [3.63, 3.8) is 0 Å². The summed E-state index contributed by atoms with van der Waals surface area (Å²) in [6.07, 6.45) is 0. The number of carboxylic acids is 1. The topological polar surface area (TPSA) is 83.5 Å². The number of carbonyl (C=O) groups is 1. The lowest BCUT2D eigenvalue weighted by Gasteiger charge is -2.09. The van der Waals surface area contributed by atoms with Gasteiger partial charge in [-0.3, -0.25) is 4.79 Å². The fourth-order valence-corrected chi connectivity index (χ4v) is 1.18. The second-order valence-corrected chi connectivity index (χ2v) is 3.74. The fraction of sp³-hybridized carbons (Fsp3) is 0.833. The number of hydrogen-bond acceptors (Lipinski definition) is 4. The quantitative estimate of drug-likeness (QED) is 0.530. The summed E-state index contributed by atoms with van der Waals surface area (Å²) in [5.41, 5.74) is 5.22. The molecule has 0 aliphatic rings. The third-order valence-corrected chi connectivity index (χ3v) is 2.40. The number of carboxylic acid groups (broad SMARTS) is 1. The minimum atomic E-state index is -0.998. The van der Waals surface area contributed by atoms with Gasteiger partial charge in [0.1, 0.15) is 6.04 Å². The van der Waals surface area contributed by atoms with Crippen LogP contribution in [-0.2, 0) is 4.79 Å². The van der Waals surface area contributed by atoms with E-state index in [0.717, 1.165) is 0 Å². The van der Waals surface area contributed by atoms with E-state index >= 15 is 0 Å². The van der Waals surface area contributed by atoms with E-state index < -0.39 is 12.0 Å². The zero-order valence-electron chi connectivity index (χ0n) is 6.36. The molecule has 0 aliphatic heterocycles. The molecule has 0 unspecified atom stereocenters. The van der Waals surface area contributed by atoms with E-state index in [-0.39, 0.29) is 11.9 Å². The summed E-state index contributed by atoms with van der Waals surface area (Å²) in [6, 6.07) is -0.825. The Bertz CT molecular complexity index is 131. The maximum Gasteiger partial charge on any atom is 0.321 e. The molecule has 0 fully saturated rings. The SMILES string of the molecule is C[C@@H](CO)SC[C@H](N)C(=O)O. The van der Waals surface area contributed by atoms with Gasteiger partial charge in [-0.25, -0.2) is 0 Å². The molecule has 0 aromatic carbocycles. The van der Waals surface area contributed by atoms with Crippen molar-refractivity contribution in [2.45, 2.75) is 18.2 Å². The summed E-state index contributed by atoms with van der Waals surface area (Å²) in [4.78, 5) is 10.2. The minimum Gasteiger partial charge on any atom is -0.480 e. The molecule has 0 spiro atoms. The summed E-state index contributed by atoms with van der Waals surface area (Å²) in [6.45, 7) is 1.87. The smallest absolute Gasteiger partial charge is 0.321 e. The maximum atomic E-state index is 10.2. The lowest BCUT2D eigenvalue weighted by Crippen LogP contribution is -2.33. The predicted molar refractivity (Wildman–Crippen MR) is 44.6 cm³/mol. The monoisotopic (exact) mass is 179 g/mol. The minimum absolute atomic E-state index is 0.0526. The highest BCUT2D eigenvalue weighted by atomic mass is 32.2. The Balaban J connectivity index is 3.45. The first-order valence-corrected chi connectivity index (χ1v) is 4.33. The number of aliphatic hydroxyl groups is 1. The Hall–Kier alpha value is -0.260. The van der Waals surface area contributed by atoms with Crippen molar-refractivity contribution < 1.29 is 15.0 Å². The number of aliphatic carboxylic acids is 1. The molecule has 2 atom stereocenters. The normalized spacial score (nSPS) is 15.9. The van der Waals surface area contributed by atoms with E-state index in [1.54, 1.807) is 0 Å². The Morgan fingerprint density at radius 1 is 1.73 bits per heavy atom. The molecule has 4 N–H and O–H groups in total. The van der Waals surface area contributed by atoms with Crippen LogP contribution in [0.5, 0.6) is 0 Å². The number of nitrogens with two attached hydrogens (primary N) is 1. The van der Waals surface area contributed by atoms with Gasteiger partial charge in [-0.1, -0.05) is 6.92 Å². The van der Waals surface area contributed by atoms with Crippen molar-refractivity contribution in [3.05, 3.63) is 0 Å². The highest BCUT2D eigenvalue weighted by Gasteiger charge is 2.12. The van der Waals surface area contributed by atoms with Gasteiger partial charge in [0, 0.05) is 11.0 Å². The molecule has 11 heavy (non-hydrogen) atoms. The summed E-state index contributed by atoms with van der Waals surface area (Å²) < 4.78 is 0. The standard InChI is InChI=1S/C6H13NO3S/c1-4(2-8)11-3-5(7)6(9)10/h4-5,8H,2-3,7H2,1H3,(H,9,10)/t4-,5-/m0/s1. The van der Waals surface area contributed by atoms with Crippen LogP contribution in [0.3, 0.4) is 0 Å². The molecular formula is C6H13NO3S. The molecule has 66 valence electrons. The van der Waals surface area contributed by atoms with Crippen molar-refractivity contribution in [2.24, 2.45) is 5.73 Å². The van der Waals surface area contributed by atoms with Crippen LogP contribution in [-0.4, -0.2) is 39.8 Å². The summed E-state index contributed by atoms with van der Waals surface area (Å²) in [5, 5.41) is 17.0. The van der Waals surface area contributed by atoms with E-state index in [0.29, 0.717) is 5.75 Å². The van der Waals surface area contributed by atoms with E-state index in [2.05, 4.69) is 0 Å². The van der Waals surface area contributed by atoms with Crippen molar-refractivity contribution >= 4 is 17.7 Å². The van der Waals surface area contributed by atoms with Gasteiger partial charge in [0.15, 0.2) is 0 Å². The molecule has 0 bridgehead atoms. The largest absolute Gasteiger partial charge is 0.480 e. The summed E-state index contributed by atoms with van der Waals surface area (Å²) in [5.74, 6) is -0.653. The molecule has 5 heteroatoms. The maximum absolute atomic E-state index is 10.2. The molecule has 0 rings (SSSR count). The number of rotatable bonds is 5. The Morgan fingerprint density at radius 3 is 2.64 bits per heavy atom. The second-order valence-electron chi connectivity index (χ2n) is 2.27. The van der Waals surface area contributed by atoms with Crippen LogP contribution < -0.4 is 5.73 Å². The fourth-order valence-electron chi connectivity index (χ4n) is 0.392. The van der Waals surface area contributed by atoms with Gasteiger partial charge in [-0.2, -0.15) is 11.8 Å². The molecule has 0 aromatic heterocycles. The molecule has 0 heterocycles. The van der Waals surface area contributed by atoms with Crippen LogP contribution in [0.4, 0.5) is 0 Å². The van der Waals surface area contributed by atoms with E-state index in [9.17, 15) is 4.79 Å². The van der Waals surface area contributed by atoms with Crippen molar-refractivity contribution in [1.29, 1.82) is 0 Å². The average molecular weight is 179 g/mol. The van der Waals surface area contributed by atoms with Gasteiger partial charge < -0.3 is 15.9 Å². The van der Waals surface area contributed by atoms with Crippen molar-refractivity contribution in [3.8, 4) is 0 Å². The predicted octanol–water partition coefficient (Wildman–Crippen LogP) is -0.488. The van der Waals surface area contributed by atoms with E-state index in [1.807, 2.05) is 6.92 Å². The first-order chi connectivity index (χ1) is 5.07. The summed E-state index contributed by atoms with van der Waals surface area (Å²) >= 11 is 1.36. The molecule has 4 nitrogen and oxygen atoms in total.